The minimum absolute atomic E-state index is 0.0522. The van der Waals surface area contributed by atoms with Crippen LogP contribution < -0.4 is 9.61 Å². The van der Waals surface area contributed by atoms with Gasteiger partial charge in [0.2, 0.25) is 5.75 Å². The van der Waals surface area contributed by atoms with E-state index in [-0.39, 0.29) is 12.5 Å². The number of nitrogens with one attached hydrogen (secondary N) is 1. The molecule has 2 aliphatic heterocycles. The lowest BCUT2D eigenvalue weighted by molar-refractivity contribution is -0.124. The normalized spacial score (nSPS) is 27.8. The summed E-state index contributed by atoms with van der Waals surface area (Å²) in [4.78, 5) is 11.4. The quantitative estimate of drug-likeness (QED) is 0.682. The lowest BCUT2D eigenvalue weighted by Gasteiger charge is -2.15. The lowest BCUT2D eigenvalue weighted by Crippen LogP contribution is -2.24. The number of anilines is 1. The van der Waals surface area contributed by atoms with Crippen molar-refractivity contribution in [2.24, 2.45) is 0 Å². The van der Waals surface area contributed by atoms with Crippen molar-refractivity contribution in [2.75, 3.05) is 18.7 Å². The topological polar surface area (TPSA) is 50.8 Å². The number of hydrogen-bond donors (Lipinski definition) is 1. The molecule has 15 heavy (non-hydrogen) atoms. The zero-order chi connectivity index (χ0) is 10.5. The summed E-state index contributed by atoms with van der Waals surface area (Å²) in [5, 5.41) is 3.16. The molecule has 2 heterocycles. The minimum atomic E-state index is -2.39. The average molecular weight is 225 g/mol. The molecule has 0 bridgehead atoms. The van der Waals surface area contributed by atoms with Crippen molar-refractivity contribution in [2.45, 2.75) is 0 Å². The van der Waals surface area contributed by atoms with E-state index < -0.39 is 8.02 Å². The van der Waals surface area contributed by atoms with E-state index in [0.29, 0.717) is 0 Å². The molecule has 5 nitrogen and oxygen atoms in total. The summed E-state index contributed by atoms with van der Waals surface area (Å²) in [5.74, 6) is 0.691. The van der Waals surface area contributed by atoms with Gasteiger partial charge in [-0.15, -0.1) is 9.19 Å². The van der Waals surface area contributed by atoms with Crippen molar-refractivity contribution in [1.29, 1.82) is 0 Å². The highest BCUT2D eigenvalue weighted by atomic mass is 31.2. The van der Waals surface area contributed by atoms with E-state index in [4.69, 9.17) is 9.05 Å². The maximum absolute atomic E-state index is 11.4. The summed E-state index contributed by atoms with van der Waals surface area (Å²) in [6, 6.07) is 7.57. The highest BCUT2D eigenvalue weighted by molar-refractivity contribution is 7.67. The van der Waals surface area contributed by atoms with Crippen molar-refractivity contribution in [3.8, 4) is 5.75 Å². The average Bonchev–Trinajstić information content (AvgIpc) is 2.75. The van der Waals surface area contributed by atoms with Crippen LogP contribution in [-0.4, -0.2) is 24.2 Å². The first-order valence-corrected chi connectivity index (χ1v) is 6.16. The minimum Gasteiger partial charge on any atom is -0.268 e. The molecular formula is C9H10N2O3P+. The van der Waals surface area contributed by atoms with Crippen molar-refractivity contribution in [3.05, 3.63) is 24.3 Å². The third-order valence-corrected chi connectivity index (χ3v) is 4.95. The molecule has 1 fully saturated rings. The Morgan fingerprint density at radius 1 is 1.47 bits per heavy atom. The van der Waals surface area contributed by atoms with Crippen LogP contribution in [0, 0.1) is 0 Å². The second kappa shape index (κ2) is 2.84. The molecule has 78 valence electrons. The fourth-order valence-corrected chi connectivity index (χ4v) is 3.77. The Morgan fingerprint density at radius 2 is 2.27 bits per heavy atom. The fraction of sp³-hybridized carbons (Fsp3) is 0.222. The summed E-state index contributed by atoms with van der Waals surface area (Å²) in [5.41, 5.74) is 0.882. The molecule has 0 radical (unpaired) electrons. The zero-order valence-corrected chi connectivity index (χ0v) is 9.03. The zero-order valence-electron chi connectivity index (χ0n) is 8.14. The number of amides is 1. The molecule has 1 unspecified atom stereocenters. The van der Waals surface area contributed by atoms with Gasteiger partial charge in [0.25, 0.3) is 5.91 Å². The van der Waals surface area contributed by atoms with Gasteiger partial charge in [0.1, 0.15) is 5.69 Å². The highest BCUT2D eigenvalue weighted by Gasteiger charge is 2.63. The molecule has 1 aromatic rings. The number of likely N-dealkylation sites (N-methyl/N-ethyl adjacent to an activating group) is 1. The Balaban J connectivity index is 1.98. The first-order valence-electron chi connectivity index (χ1n) is 4.59. The van der Waals surface area contributed by atoms with Gasteiger partial charge in [0.15, 0.2) is 6.61 Å². The predicted molar refractivity (Wildman–Crippen MR) is 56.3 cm³/mol. The van der Waals surface area contributed by atoms with Gasteiger partial charge in [-0.1, -0.05) is 12.1 Å². The SMILES string of the molecule is CN1C(=O)CO[P+]12Nc1ccccc1O2. The molecule has 1 atom stereocenters. The molecule has 6 heteroatoms. The first-order chi connectivity index (χ1) is 7.21. The fourth-order valence-electron chi connectivity index (χ4n) is 1.61. The van der Waals surface area contributed by atoms with Crippen LogP contribution >= 0.6 is 8.02 Å². The van der Waals surface area contributed by atoms with E-state index in [1.165, 1.54) is 4.67 Å². The number of carbonyl (C=O) groups excluding carboxylic acids is 1. The van der Waals surface area contributed by atoms with Crippen molar-refractivity contribution in [1.82, 2.24) is 4.67 Å². The Bertz CT molecular complexity index is 412. The summed E-state index contributed by atoms with van der Waals surface area (Å²) in [6.07, 6.45) is 0. The van der Waals surface area contributed by atoms with Gasteiger partial charge in [0, 0.05) is 0 Å². The van der Waals surface area contributed by atoms with Crippen LogP contribution in [0.5, 0.6) is 5.75 Å². The van der Waals surface area contributed by atoms with Crippen LogP contribution in [0.3, 0.4) is 0 Å². The van der Waals surface area contributed by atoms with Crippen LogP contribution in [0.2, 0.25) is 0 Å². The molecule has 3 rings (SSSR count). The van der Waals surface area contributed by atoms with Gasteiger partial charge in [-0.3, -0.25) is 9.32 Å². The van der Waals surface area contributed by atoms with Gasteiger partial charge in [-0.05, 0) is 12.1 Å². The van der Waals surface area contributed by atoms with E-state index in [0.717, 1.165) is 11.4 Å². The maximum Gasteiger partial charge on any atom is 0.532 e. The molecule has 2 aliphatic rings. The number of para-hydroxylation sites is 2. The van der Waals surface area contributed by atoms with Crippen molar-refractivity contribution in [3.63, 3.8) is 0 Å². The maximum atomic E-state index is 11.4. The summed E-state index contributed by atoms with van der Waals surface area (Å²) < 4.78 is 12.7. The standard InChI is InChI=1S/C9H10N2O3P/c1-11-9(12)6-13-15(11)10-7-4-2-3-5-8(7)14-15/h2-5,10H,6H2,1H3/q+1. The second-order valence-corrected chi connectivity index (χ2v) is 5.72. The summed E-state index contributed by atoms with van der Waals surface area (Å²) >= 11 is 0. The van der Waals surface area contributed by atoms with Crippen LogP contribution in [-0.2, 0) is 9.32 Å². The molecule has 0 aromatic heterocycles. The van der Waals surface area contributed by atoms with E-state index in [9.17, 15) is 4.79 Å². The second-order valence-electron chi connectivity index (χ2n) is 3.41. The Labute approximate surface area is 87.6 Å². The number of hydrogen-bond acceptors (Lipinski definition) is 4. The highest BCUT2D eigenvalue weighted by Crippen LogP contribution is 2.70. The third-order valence-electron chi connectivity index (χ3n) is 2.49. The van der Waals surface area contributed by atoms with Gasteiger partial charge in [-0.25, -0.2) is 0 Å². The lowest BCUT2D eigenvalue weighted by atomic mass is 10.3. The number of carbonyl (C=O) groups is 1. The monoisotopic (exact) mass is 225 g/mol. The summed E-state index contributed by atoms with van der Waals surface area (Å²) in [7, 11) is -0.696. The van der Waals surface area contributed by atoms with E-state index in [1.807, 2.05) is 24.3 Å². The molecule has 0 aliphatic carbocycles. The van der Waals surface area contributed by atoms with Crippen molar-refractivity contribution >= 4 is 19.6 Å². The smallest absolute Gasteiger partial charge is 0.268 e. The van der Waals surface area contributed by atoms with E-state index in [2.05, 4.69) is 5.09 Å². The van der Waals surface area contributed by atoms with Gasteiger partial charge < -0.3 is 0 Å². The van der Waals surface area contributed by atoms with Crippen LogP contribution in [0.4, 0.5) is 5.69 Å². The largest absolute Gasteiger partial charge is 0.532 e. The molecule has 1 amide bonds. The molecular weight excluding hydrogens is 215 g/mol. The molecule has 1 spiro atoms. The molecule has 0 saturated carbocycles. The predicted octanol–water partition coefficient (Wildman–Crippen LogP) is 1.66. The Morgan fingerprint density at radius 3 is 2.93 bits per heavy atom. The first kappa shape index (κ1) is 8.95. The Kier molecular flexibility index (Phi) is 1.69. The number of benzene rings is 1. The van der Waals surface area contributed by atoms with Crippen molar-refractivity contribution < 1.29 is 13.8 Å². The van der Waals surface area contributed by atoms with E-state index >= 15 is 0 Å². The van der Waals surface area contributed by atoms with Crippen LogP contribution in [0.15, 0.2) is 24.3 Å². The summed E-state index contributed by atoms with van der Waals surface area (Å²) in [6.45, 7) is 0.0886. The number of nitrogens with zero attached hydrogens (tertiary/aromatic N) is 1. The number of fused-ring (bicyclic) bond motifs is 1. The Hall–Kier alpha value is -1.32. The van der Waals surface area contributed by atoms with Crippen LogP contribution in [0.25, 0.3) is 0 Å². The van der Waals surface area contributed by atoms with Crippen LogP contribution in [0.1, 0.15) is 0 Å². The molecule has 1 aromatic carbocycles. The third kappa shape index (κ3) is 1.14. The number of rotatable bonds is 0. The van der Waals surface area contributed by atoms with Gasteiger partial charge in [0.05, 0.1) is 7.05 Å². The molecule has 1 N–H and O–H groups in total. The van der Waals surface area contributed by atoms with E-state index in [1.54, 1.807) is 7.05 Å². The van der Waals surface area contributed by atoms with Gasteiger partial charge in [-0.2, -0.15) is 5.09 Å². The molecule has 1 saturated heterocycles. The van der Waals surface area contributed by atoms with Gasteiger partial charge >= 0.3 is 8.02 Å².